The first-order valence-electron chi connectivity index (χ1n) is 7.58. The number of carboxylic acid groups (broad SMARTS) is 1. The third-order valence-corrected chi connectivity index (χ3v) is 3.81. The average Bonchev–Trinajstić information content (AvgIpc) is 3.12. The average molecular weight is 326 g/mol. The molecule has 0 unspecified atom stereocenters. The summed E-state index contributed by atoms with van der Waals surface area (Å²) in [4.78, 5) is 28.0. The van der Waals surface area contributed by atoms with Crippen molar-refractivity contribution in [2.75, 3.05) is 4.90 Å². The molecule has 2 heterocycles. The fourth-order valence-electron chi connectivity index (χ4n) is 2.76. The molecule has 0 bridgehead atoms. The van der Waals surface area contributed by atoms with Gasteiger partial charge in [0, 0.05) is 30.9 Å². The van der Waals surface area contributed by atoms with E-state index in [1.54, 1.807) is 0 Å². The summed E-state index contributed by atoms with van der Waals surface area (Å²) in [5.74, 6) is -1.22. The molecule has 3 aromatic rings. The molecule has 0 atom stereocenters. The van der Waals surface area contributed by atoms with Crippen LogP contribution in [0.3, 0.4) is 0 Å². The minimum atomic E-state index is -1.12. The van der Waals surface area contributed by atoms with Crippen LogP contribution in [0.25, 0.3) is 16.6 Å². The molecule has 0 aliphatic heterocycles. The summed E-state index contributed by atoms with van der Waals surface area (Å²) in [6.45, 7) is 5.03. The maximum Gasteiger partial charge on any atom is 0.341 e. The van der Waals surface area contributed by atoms with Gasteiger partial charge >= 0.3 is 5.97 Å². The summed E-state index contributed by atoms with van der Waals surface area (Å²) in [6, 6.07) is 7.41. The van der Waals surface area contributed by atoms with Gasteiger partial charge in [0.15, 0.2) is 5.82 Å². The van der Waals surface area contributed by atoms with E-state index in [0.717, 1.165) is 10.9 Å². The number of carbonyl (C=O) groups is 2. The summed E-state index contributed by atoms with van der Waals surface area (Å²) in [5.41, 5.74) is 1.63. The lowest BCUT2D eigenvalue weighted by molar-refractivity contribution is -0.116. The summed E-state index contributed by atoms with van der Waals surface area (Å²) in [6.07, 6.45) is 3.27. The number of aromatic amines is 1. The highest BCUT2D eigenvalue weighted by atomic mass is 16.4. The van der Waals surface area contributed by atoms with Crippen LogP contribution >= 0.6 is 0 Å². The van der Waals surface area contributed by atoms with Crippen molar-refractivity contribution < 1.29 is 14.7 Å². The van der Waals surface area contributed by atoms with Crippen LogP contribution in [0, 0.1) is 0 Å². The van der Waals surface area contributed by atoms with Crippen LogP contribution in [-0.4, -0.2) is 37.8 Å². The fraction of sp³-hybridized carbons (Fsp3) is 0.235. The number of rotatable bonds is 4. The maximum absolute atomic E-state index is 11.9. The van der Waals surface area contributed by atoms with Crippen molar-refractivity contribution in [1.29, 1.82) is 0 Å². The van der Waals surface area contributed by atoms with Gasteiger partial charge in [0.1, 0.15) is 5.56 Å². The van der Waals surface area contributed by atoms with E-state index >= 15 is 0 Å². The Kier molecular flexibility index (Phi) is 3.84. The van der Waals surface area contributed by atoms with Crippen molar-refractivity contribution in [2.45, 2.75) is 26.8 Å². The van der Waals surface area contributed by atoms with E-state index in [1.165, 1.54) is 22.7 Å². The maximum atomic E-state index is 11.9. The quantitative estimate of drug-likeness (QED) is 0.771. The number of aromatic nitrogens is 3. The molecule has 0 fully saturated rings. The van der Waals surface area contributed by atoms with Gasteiger partial charge in [-0.2, -0.15) is 0 Å². The summed E-state index contributed by atoms with van der Waals surface area (Å²) in [5, 5.41) is 14.9. The van der Waals surface area contributed by atoms with Crippen molar-refractivity contribution >= 4 is 28.6 Å². The minimum absolute atomic E-state index is 0.00881. The number of H-pyrrole nitrogens is 1. The van der Waals surface area contributed by atoms with E-state index in [9.17, 15) is 14.7 Å². The lowest BCUT2D eigenvalue weighted by Gasteiger charge is -2.23. The first kappa shape index (κ1) is 15.8. The Balaban J connectivity index is 2.14. The molecule has 7 nitrogen and oxygen atoms in total. The molecule has 0 aliphatic rings. The second-order valence-electron chi connectivity index (χ2n) is 5.85. The second kappa shape index (κ2) is 5.84. The molecule has 0 saturated heterocycles. The molecule has 24 heavy (non-hydrogen) atoms. The Bertz CT molecular complexity index is 923. The Morgan fingerprint density at radius 3 is 2.67 bits per heavy atom. The van der Waals surface area contributed by atoms with Gasteiger partial charge in [-0.15, -0.1) is 5.10 Å². The van der Waals surface area contributed by atoms with Crippen LogP contribution in [0.1, 0.15) is 31.1 Å². The SMILES string of the molecule is CC(=O)N(c1nn(-c2ccc3cc[nH]c3c2)cc1C(=O)O)C(C)C. The van der Waals surface area contributed by atoms with Crippen molar-refractivity contribution in [3.05, 3.63) is 42.2 Å². The zero-order valence-corrected chi connectivity index (χ0v) is 13.6. The first-order valence-corrected chi connectivity index (χ1v) is 7.58. The smallest absolute Gasteiger partial charge is 0.341 e. The minimum Gasteiger partial charge on any atom is -0.477 e. The van der Waals surface area contributed by atoms with E-state index in [1.807, 2.05) is 44.3 Å². The van der Waals surface area contributed by atoms with Crippen molar-refractivity contribution in [2.24, 2.45) is 0 Å². The van der Waals surface area contributed by atoms with E-state index < -0.39 is 5.97 Å². The highest BCUT2D eigenvalue weighted by Crippen LogP contribution is 2.24. The number of benzene rings is 1. The Hall–Kier alpha value is -3.09. The number of fused-ring (bicyclic) bond motifs is 1. The van der Waals surface area contributed by atoms with Crippen LogP contribution in [0.5, 0.6) is 0 Å². The van der Waals surface area contributed by atoms with Crippen LogP contribution in [0.2, 0.25) is 0 Å². The molecule has 7 heteroatoms. The van der Waals surface area contributed by atoms with Gasteiger partial charge in [-0.1, -0.05) is 6.07 Å². The van der Waals surface area contributed by atoms with Gasteiger partial charge in [-0.25, -0.2) is 9.48 Å². The topological polar surface area (TPSA) is 91.2 Å². The first-order chi connectivity index (χ1) is 11.4. The Labute approximate surface area is 138 Å². The zero-order valence-electron chi connectivity index (χ0n) is 13.6. The largest absolute Gasteiger partial charge is 0.477 e. The van der Waals surface area contributed by atoms with Gasteiger partial charge in [0.2, 0.25) is 5.91 Å². The molecule has 1 amide bonds. The molecule has 3 rings (SSSR count). The van der Waals surface area contributed by atoms with Gasteiger partial charge in [0.05, 0.1) is 5.69 Å². The number of carbonyl (C=O) groups excluding carboxylic acids is 1. The van der Waals surface area contributed by atoms with Gasteiger partial charge in [-0.05, 0) is 37.4 Å². The predicted octanol–water partition coefficient (Wildman–Crippen LogP) is 2.81. The van der Waals surface area contributed by atoms with Crippen LogP contribution < -0.4 is 4.90 Å². The molecule has 2 aromatic heterocycles. The van der Waals surface area contributed by atoms with Crippen LogP contribution in [0.4, 0.5) is 5.82 Å². The Morgan fingerprint density at radius 2 is 2.04 bits per heavy atom. The summed E-state index contributed by atoms with van der Waals surface area (Å²) >= 11 is 0. The highest BCUT2D eigenvalue weighted by Gasteiger charge is 2.26. The number of aromatic carboxylic acids is 1. The number of carboxylic acids is 1. The summed E-state index contributed by atoms with van der Waals surface area (Å²) < 4.78 is 1.48. The number of nitrogens with one attached hydrogen (secondary N) is 1. The number of amides is 1. The fourth-order valence-corrected chi connectivity index (χ4v) is 2.76. The lowest BCUT2D eigenvalue weighted by atomic mass is 10.2. The third kappa shape index (κ3) is 2.64. The van der Waals surface area contributed by atoms with Gasteiger partial charge in [-0.3, -0.25) is 9.69 Å². The molecule has 0 radical (unpaired) electrons. The van der Waals surface area contributed by atoms with Crippen molar-refractivity contribution in [3.8, 4) is 5.69 Å². The number of hydrogen-bond acceptors (Lipinski definition) is 3. The van der Waals surface area contributed by atoms with E-state index in [-0.39, 0.29) is 23.3 Å². The van der Waals surface area contributed by atoms with Crippen molar-refractivity contribution in [1.82, 2.24) is 14.8 Å². The molecule has 0 spiro atoms. The van der Waals surface area contributed by atoms with E-state index in [4.69, 9.17) is 0 Å². The molecule has 2 N–H and O–H groups in total. The summed E-state index contributed by atoms with van der Waals surface area (Å²) in [7, 11) is 0. The molecular weight excluding hydrogens is 308 g/mol. The van der Waals surface area contributed by atoms with Gasteiger partial charge in [0.25, 0.3) is 0 Å². The molecule has 124 valence electrons. The molecular formula is C17H18N4O3. The number of nitrogens with zero attached hydrogens (tertiary/aromatic N) is 3. The van der Waals surface area contributed by atoms with Crippen molar-refractivity contribution in [3.63, 3.8) is 0 Å². The van der Waals surface area contributed by atoms with Crippen LogP contribution in [-0.2, 0) is 4.79 Å². The van der Waals surface area contributed by atoms with Gasteiger partial charge < -0.3 is 10.1 Å². The standard InChI is InChI=1S/C17H18N4O3/c1-10(2)21(11(3)22)16-14(17(23)24)9-20(19-16)13-5-4-12-6-7-18-15(12)8-13/h4-10,18H,1-3H3,(H,23,24). The molecule has 0 aliphatic carbocycles. The zero-order chi connectivity index (χ0) is 17.4. The predicted molar refractivity (Wildman–Crippen MR) is 90.7 cm³/mol. The lowest BCUT2D eigenvalue weighted by Crippen LogP contribution is -2.36. The van der Waals surface area contributed by atoms with Crippen LogP contribution in [0.15, 0.2) is 36.7 Å². The van der Waals surface area contributed by atoms with E-state index in [2.05, 4.69) is 10.1 Å². The highest BCUT2D eigenvalue weighted by molar-refractivity contribution is 6.00. The molecule has 0 saturated carbocycles. The molecule has 1 aromatic carbocycles. The third-order valence-electron chi connectivity index (χ3n) is 3.81. The number of hydrogen-bond donors (Lipinski definition) is 2. The second-order valence-corrected chi connectivity index (χ2v) is 5.85. The number of anilines is 1. The Morgan fingerprint density at radius 1 is 1.29 bits per heavy atom. The van der Waals surface area contributed by atoms with E-state index in [0.29, 0.717) is 5.69 Å². The monoisotopic (exact) mass is 326 g/mol. The normalized spacial score (nSPS) is 11.2.